The van der Waals surface area contributed by atoms with Gasteiger partial charge in [-0.15, -0.1) is 0 Å². The highest BCUT2D eigenvalue weighted by atomic mass is 32.1. The van der Waals surface area contributed by atoms with Crippen LogP contribution in [0.25, 0.3) is 5.76 Å². The molecule has 0 aliphatic carbocycles. The smallest absolute Gasteiger partial charge is 0.350 e. The Kier molecular flexibility index (Phi) is 7.21. The Labute approximate surface area is 216 Å². The Morgan fingerprint density at radius 3 is 2.68 bits per heavy atom. The maximum Gasteiger partial charge on any atom is 0.350 e. The summed E-state index contributed by atoms with van der Waals surface area (Å²) < 4.78 is 24.7. The minimum Gasteiger partial charge on any atom is -0.507 e. The van der Waals surface area contributed by atoms with Crippen LogP contribution in [0.15, 0.2) is 60.7 Å². The van der Waals surface area contributed by atoms with Crippen molar-refractivity contribution in [3.63, 3.8) is 0 Å². The van der Waals surface area contributed by atoms with E-state index in [-0.39, 0.29) is 27.8 Å². The number of ketones is 1. The van der Waals surface area contributed by atoms with Crippen LogP contribution in [-0.4, -0.2) is 41.5 Å². The number of Topliss-reactive ketones (excluding diaryl/α,β-unsaturated/α-hetero) is 1. The molecule has 1 aromatic heterocycles. The van der Waals surface area contributed by atoms with Crippen molar-refractivity contribution >= 4 is 39.9 Å². The third kappa shape index (κ3) is 4.75. The topological polar surface area (TPSA) is 106 Å². The maximum atomic E-state index is 14.3. The minimum absolute atomic E-state index is 0.00700. The quantitative estimate of drug-likeness (QED) is 0.155. The Morgan fingerprint density at radius 1 is 1.24 bits per heavy atom. The fourth-order valence-electron chi connectivity index (χ4n) is 3.93. The number of aliphatic hydroxyl groups excluding tert-OH is 1. The van der Waals surface area contributed by atoms with Crippen molar-refractivity contribution in [1.82, 2.24) is 4.98 Å². The fraction of sp³-hybridized carbons (Fsp3) is 0.185. The molecule has 8 nitrogen and oxygen atoms in total. The molecule has 1 unspecified atom stereocenters. The second-order valence-corrected chi connectivity index (χ2v) is 9.19. The fourth-order valence-corrected chi connectivity index (χ4v) is 4.91. The monoisotopic (exact) mass is 522 g/mol. The molecule has 190 valence electrons. The standard InChI is InChI=1S/C27H23FN2O6S/c1-5-11-36-26(34)24-15(3)29-27(37-24)30-21(16-7-6-8-18(12-16)35-4)20(23(32)25(30)33)22(31)17-10-9-14(2)19(28)13-17/h5-10,12-13,21,31H,1,11H2,2-4H3/b22-20-. The van der Waals surface area contributed by atoms with Gasteiger partial charge in [-0.3, -0.25) is 14.5 Å². The van der Waals surface area contributed by atoms with Crippen molar-refractivity contribution in [2.24, 2.45) is 0 Å². The molecule has 2 heterocycles. The molecule has 2 aromatic carbocycles. The normalized spacial score (nSPS) is 16.6. The van der Waals surface area contributed by atoms with Crippen LogP contribution >= 0.6 is 11.3 Å². The van der Waals surface area contributed by atoms with Gasteiger partial charge in [0.15, 0.2) is 5.13 Å². The lowest BCUT2D eigenvalue weighted by atomic mass is 9.95. The number of amides is 1. The van der Waals surface area contributed by atoms with Gasteiger partial charge in [0.25, 0.3) is 5.78 Å². The van der Waals surface area contributed by atoms with E-state index in [4.69, 9.17) is 9.47 Å². The zero-order valence-corrected chi connectivity index (χ0v) is 21.1. The molecule has 1 N–H and O–H groups in total. The minimum atomic E-state index is -1.12. The van der Waals surface area contributed by atoms with Crippen LogP contribution < -0.4 is 9.64 Å². The number of ether oxygens (including phenoxy) is 2. The van der Waals surface area contributed by atoms with Gasteiger partial charge in [-0.25, -0.2) is 14.2 Å². The van der Waals surface area contributed by atoms with Gasteiger partial charge in [-0.2, -0.15) is 0 Å². The number of aliphatic hydroxyl groups is 1. The van der Waals surface area contributed by atoms with E-state index in [0.29, 0.717) is 22.6 Å². The number of hydrogen-bond donors (Lipinski definition) is 1. The number of esters is 1. The SMILES string of the molecule is C=CCOC(=O)c1sc(N2C(=O)C(=O)/C(=C(\O)c3ccc(C)c(F)c3)C2c2cccc(OC)c2)nc1C. The Hall–Kier alpha value is -4.31. The van der Waals surface area contributed by atoms with Crippen LogP contribution in [0.2, 0.25) is 0 Å². The first-order valence-electron chi connectivity index (χ1n) is 11.1. The summed E-state index contributed by atoms with van der Waals surface area (Å²) >= 11 is 0.881. The molecule has 4 rings (SSSR count). The lowest BCUT2D eigenvalue weighted by Crippen LogP contribution is -2.29. The second-order valence-electron chi connectivity index (χ2n) is 8.21. The van der Waals surface area contributed by atoms with Crippen molar-refractivity contribution in [3.05, 3.63) is 93.8 Å². The van der Waals surface area contributed by atoms with E-state index in [9.17, 15) is 23.9 Å². The van der Waals surface area contributed by atoms with Crippen molar-refractivity contribution in [2.75, 3.05) is 18.6 Å². The molecular formula is C27H23FN2O6S. The molecule has 37 heavy (non-hydrogen) atoms. The molecule has 1 amide bonds. The Balaban J connectivity index is 1.91. The molecule has 0 radical (unpaired) electrons. The first-order chi connectivity index (χ1) is 17.7. The Bertz CT molecular complexity index is 1460. The maximum absolute atomic E-state index is 14.3. The van der Waals surface area contributed by atoms with Gasteiger partial charge < -0.3 is 14.6 Å². The van der Waals surface area contributed by atoms with Crippen LogP contribution in [0.3, 0.4) is 0 Å². The number of benzene rings is 2. The summed E-state index contributed by atoms with van der Waals surface area (Å²) in [7, 11) is 1.47. The van der Waals surface area contributed by atoms with Gasteiger partial charge >= 0.3 is 11.9 Å². The number of halogens is 1. The van der Waals surface area contributed by atoms with E-state index in [1.165, 1.54) is 25.3 Å². The van der Waals surface area contributed by atoms with Gasteiger partial charge in [-0.05, 0) is 43.2 Å². The second kappa shape index (κ2) is 10.4. The van der Waals surface area contributed by atoms with Crippen LogP contribution in [0.4, 0.5) is 9.52 Å². The third-order valence-corrected chi connectivity index (χ3v) is 6.95. The summed E-state index contributed by atoms with van der Waals surface area (Å²) in [6, 6.07) is 9.54. The summed E-state index contributed by atoms with van der Waals surface area (Å²) in [5, 5.41) is 11.2. The largest absolute Gasteiger partial charge is 0.507 e. The van der Waals surface area contributed by atoms with Gasteiger partial charge in [0.05, 0.1) is 24.4 Å². The van der Waals surface area contributed by atoms with Gasteiger partial charge in [0, 0.05) is 5.56 Å². The van der Waals surface area contributed by atoms with E-state index in [2.05, 4.69) is 11.6 Å². The number of thiazole rings is 1. The predicted molar refractivity (Wildman–Crippen MR) is 136 cm³/mol. The van der Waals surface area contributed by atoms with Gasteiger partial charge in [0.1, 0.15) is 28.8 Å². The zero-order valence-electron chi connectivity index (χ0n) is 20.3. The van der Waals surface area contributed by atoms with Crippen molar-refractivity contribution in [3.8, 4) is 5.75 Å². The van der Waals surface area contributed by atoms with Crippen molar-refractivity contribution in [1.29, 1.82) is 0 Å². The molecule has 10 heteroatoms. The number of methoxy groups -OCH3 is 1. The zero-order chi connectivity index (χ0) is 26.9. The first-order valence-corrected chi connectivity index (χ1v) is 12.0. The van der Waals surface area contributed by atoms with E-state index >= 15 is 0 Å². The average molecular weight is 523 g/mol. The van der Waals surface area contributed by atoms with Gasteiger partial charge in [0.2, 0.25) is 0 Å². The number of hydrogen-bond acceptors (Lipinski definition) is 8. The molecule has 3 aromatic rings. The van der Waals surface area contributed by atoms with Crippen LogP contribution in [0.5, 0.6) is 5.75 Å². The number of anilines is 1. The molecule has 0 spiro atoms. The summed E-state index contributed by atoms with van der Waals surface area (Å²) in [6.45, 7) is 6.65. The first kappa shape index (κ1) is 25.8. The number of aryl methyl sites for hydroxylation is 2. The van der Waals surface area contributed by atoms with Crippen molar-refractivity contribution < 1.29 is 33.4 Å². The Morgan fingerprint density at radius 2 is 2.00 bits per heavy atom. The van der Waals surface area contributed by atoms with Crippen LogP contribution in [-0.2, 0) is 14.3 Å². The number of rotatable bonds is 7. The number of carbonyl (C=O) groups is 3. The predicted octanol–water partition coefficient (Wildman–Crippen LogP) is 4.88. The summed E-state index contributed by atoms with van der Waals surface area (Å²) in [5.41, 5.74) is 0.899. The highest BCUT2D eigenvalue weighted by molar-refractivity contribution is 7.17. The van der Waals surface area contributed by atoms with E-state index in [1.807, 2.05) is 0 Å². The van der Waals surface area contributed by atoms with E-state index < -0.39 is 35.3 Å². The van der Waals surface area contributed by atoms with E-state index in [1.54, 1.807) is 38.1 Å². The number of carbonyl (C=O) groups excluding carboxylic acids is 3. The van der Waals surface area contributed by atoms with Crippen LogP contribution in [0, 0.1) is 19.7 Å². The summed E-state index contributed by atoms with van der Waals surface area (Å²) in [5.74, 6) is -3.24. The lowest BCUT2D eigenvalue weighted by molar-refractivity contribution is -0.132. The summed E-state index contributed by atoms with van der Waals surface area (Å²) in [4.78, 5) is 44.8. The van der Waals surface area contributed by atoms with Crippen LogP contribution in [0.1, 0.15) is 38.1 Å². The third-order valence-electron chi connectivity index (χ3n) is 5.81. The molecular weight excluding hydrogens is 499 g/mol. The highest BCUT2D eigenvalue weighted by Crippen LogP contribution is 2.44. The summed E-state index contributed by atoms with van der Waals surface area (Å²) in [6.07, 6.45) is 1.42. The number of nitrogens with zero attached hydrogens (tertiary/aromatic N) is 2. The molecule has 1 aliphatic heterocycles. The molecule has 0 saturated carbocycles. The van der Waals surface area contributed by atoms with E-state index in [0.717, 1.165) is 22.3 Å². The average Bonchev–Trinajstić information content (AvgIpc) is 3.40. The van der Waals surface area contributed by atoms with Gasteiger partial charge in [-0.1, -0.05) is 48.3 Å². The van der Waals surface area contributed by atoms with Crippen molar-refractivity contribution in [2.45, 2.75) is 19.9 Å². The molecule has 0 bridgehead atoms. The highest BCUT2D eigenvalue weighted by Gasteiger charge is 2.48. The molecule has 1 fully saturated rings. The molecule has 1 aliphatic rings. The number of aromatic nitrogens is 1. The molecule has 1 atom stereocenters. The lowest BCUT2D eigenvalue weighted by Gasteiger charge is -2.23. The molecule has 1 saturated heterocycles.